The zero-order valence-corrected chi connectivity index (χ0v) is 16.5. The molecule has 31 heavy (non-hydrogen) atoms. The van der Waals surface area contributed by atoms with Gasteiger partial charge in [-0.05, 0) is 30.7 Å². The van der Waals surface area contributed by atoms with Gasteiger partial charge < -0.3 is 10.6 Å². The number of benzene rings is 2. The zero-order valence-electron chi connectivity index (χ0n) is 15.7. The van der Waals surface area contributed by atoms with Crippen molar-refractivity contribution in [2.45, 2.75) is 24.9 Å². The monoisotopic (exact) mass is 454 g/mol. The lowest BCUT2D eigenvalue weighted by atomic mass is 10.1. The molecule has 2 N–H and O–H groups in total. The third-order valence-electron chi connectivity index (χ3n) is 4.97. The molecule has 0 saturated carbocycles. The summed E-state index contributed by atoms with van der Waals surface area (Å²) in [6.07, 6.45) is -3.03. The Hall–Kier alpha value is -2.98. The molecule has 0 unspecified atom stereocenters. The smallest absolute Gasteiger partial charge is 0.315 e. The second-order valence-electron chi connectivity index (χ2n) is 7.07. The highest BCUT2D eigenvalue weighted by atomic mass is 35.5. The number of halogens is 5. The number of amides is 1. The third kappa shape index (κ3) is 4.13. The van der Waals surface area contributed by atoms with Crippen molar-refractivity contribution in [1.29, 1.82) is 0 Å². The van der Waals surface area contributed by atoms with Crippen molar-refractivity contribution in [2.75, 3.05) is 6.54 Å². The van der Waals surface area contributed by atoms with E-state index in [-0.39, 0.29) is 40.4 Å². The van der Waals surface area contributed by atoms with Gasteiger partial charge in [0.25, 0.3) is 11.5 Å². The highest BCUT2D eigenvalue weighted by molar-refractivity contribution is 6.35. The quantitative estimate of drug-likeness (QED) is 0.594. The van der Waals surface area contributed by atoms with Crippen LogP contribution in [0.5, 0.6) is 0 Å². The molecule has 1 aliphatic rings. The van der Waals surface area contributed by atoms with E-state index >= 15 is 0 Å². The Morgan fingerprint density at radius 3 is 2.61 bits per heavy atom. The molecule has 3 aromatic rings. The molecule has 2 heterocycles. The molecule has 0 aliphatic carbocycles. The lowest BCUT2D eigenvalue weighted by molar-refractivity contribution is -0.132. The second-order valence-corrected chi connectivity index (χ2v) is 7.48. The Balaban J connectivity index is 1.85. The molecule has 2 atom stereocenters. The van der Waals surface area contributed by atoms with E-state index < -0.39 is 41.6 Å². The number of carbonyl (C=O) groups is 1. The fourth-order valence-electron chi connectivity index (χ4n) is 3.67. The Morgan fingerprint density at radius 2 is 1.94 bits per heavy atom. The Bertz CT molecular complexity index is 1210. The molecule has 1 amide bonds. The van der Waals surface area contributed by atoms with Crippen molar-refractivity contribution >= 4 is 28.4 Å². The summed E-state index contributed by atoms with van der Waals surface area (Å²) in [5, 5.41) is 5.41. The first-order valence-electron chi connectivity index (χ1n) is 9.24. The summed E-state index contributed by atoms with van der Waals surface area (Å²) in [7, 11) is 0. The fourth-order valence-corrected chi connectivity index (χ4v) is 3.92. The number of fused-ring (bicyclic) bond motifs is 1. The molecule has 1 aliphatic heterocycles. The van der Waals surface area contributed by atoms with Crippen molar-refractivity contribution in [3.8, 4) is 5.69 Å². The summed E-state index contributed by atoms with van der Waals surface area (Å²) in [5.74, 6) is -3.09. The van der Waals surface area contributed by atoms with Gasteiger partial charge in [-0.2, -0.15) is 8.78 Å². The molecule has 0 radical (unpaired) electrons. The van der Waals surface area contributed by atoms with E-state index in [0.717, 1.165) is 16.7 Å². The van der Waals surface area contributed by atoms with Crippen LogP contribution in [0.15, 0.2) is 41.2 Å². The van der Waals surface area contributed by atoms with E-state index in [1.54, 1.807) is 12.1 Å². The van der Waals surface area contributed by atoms with Crippen LogP contribution in [-0.4, -0.2) is 34.5 Å². The van der Waals surface area contributed by atoms with Crippen LogP contribution in [0.25, 0.3) is 16.6 Å². The topological polar surface area (TPSA) is 76.0 Å². The van der Waals surface area contributed by atoms with Gasteiger partial charge in [-0.25, -0.2) is 13.8 Å². The number of carbonyl (C=O) groups excluding carboxylic acids is 1. The predicted molar refractivity (Wildman–Crippen MR) is 106 cm³/mol. The third-order valence-corrected chi connectivity index (χ3v) is 5.28. The Labute approximate surface area is 177 Å². The van der Waals surface area contributed by atoms with Gasteiger partial charge >= 0.3 is 6.43 Å². The first-order valence-corrected chi connectivity index (χ1v) is 9.62. The summed E-state index contributed by atoms with van der Waals surface area (Å²) in [6, 6.07) is 5.97. The SMILES string of the molecule is O=C(N[C@H]1CN[C@H](c2nc3cccc(Cl)c3c(=O)n2-c2cc(F)cc(F)c2)C1)C(F)F. The molecular formula is C20H15ClF4N4O2. The molecule has 0 spiro atoms. The molecule has 1 fully saturated rings. The number of nitrogens with zero attached hydrogens (tertiary/aromatic N) is 2. The maximum Gasteiger partial charge on any atom is 0.315 e. The van der Waals surface area contributed by atoms with Crippen LogP contribution in [0, 0.1) is 11.6 Å². The Morgan fingerprint density at radius 1 is 1.23 bits per heavy atom. The lowest BCUT2D eigenvalue weighted by Gasteiger charge is -2.19. The average molecular weight is 455 g/mol. The number of rotatable bonds is 4. The van der Waals surface area contributed by atoms with Crippen molar-refractivity contribution in [3.05, 3.63) is 69.2 Å². The van der Waals surface area contributed by atoms with Crippen molar-refractivity contribution in [1.82, 2.24) is 20.2 Å². The predicted octanol–water partition coefficient (Wildman–Crippen LogP) is 3.10. The minimum Gasteiger partial charge on any atom is -0.347 e. The van der Waals surface area contributed by atoms with Crippen LogP contribution < -0.4 is 16.2 Å². The molecule has 162 valence electrons. The average Bonchev–Trinajstić information content (AvgIpc) is 3.15. The van der Waals surface area contributed by atoms with Crippen LogP contribution in [-0.2, 0) is 4.79 Å². The van der Waals surface area contributed by atoms with Gasteiger partial charge in [-0.3, -0.25) is 14.2 Å². The number of hydrogen-bond donors (Lipinski definition) is 2. The first-order chi connectivity index (χ1) is 14.7. The van der Waals surface area contributed by atoms with Crippen LogP contribution in [0.3, 0.4) is 0 Å². The van der Waals surface area contributed by atoms with E-state index in [2.05, 4.69) is 15.6 Å². The van der Waals surface area contributed by atoms with E-state index in [1.165, 1.54) is 6.07 Å². The first kappa shape index (κ1) is 21.3. The zero-order chi connectivity index (χ0) is 22.3. The highest BCUT2D eigenvalue weighted by Gasteiger charge is 2.32. The number of alkyl halides is 2. The summed E-state index contributed by atoms with van der Waals surface area (Å²) >= 11 is 6.17. The highest BCUT2D eigenvalue weighted by Crippen LogP contribution is 2.27. The Kier molecular flexibility index (Phi) is 5.67. The maximum absolute atomic E-state index is 13.9. The van der Waals surface area contributed by atoms with E-state index in [9.17, 15) is 27.2 Å². The minimum absolute atomic E-state index is 0.0677. The van der Waals surface area contributed by atoms with Crippen molar-refractivity contribution in [3.63, 3.8) is 0 Å². The fraction of sp³-hybridized carbons (Fsp3) is 0.250. The molecule has 4 rings (SSSR count). The van der Waals surface area contributed by atoms with Gasteiger partial charge in [0.1, 0.15) is 17.5 Å². The standard InChI is InChI=1S/C20H15ClF4N4O2/c21-13-2-1-3-14-16(13)20(31)29(12-5-9(22)4-10(23)6-12)18(28-14)15-7-11(8-26-15)27-19(30)17(24)25/h1-6,11,15,17,26H,7-8H2,(H,27,30)/t11-,15+/m1/s1. The molecule has 2 aromatic carbocycles. The van der Waals surface area contributed by atoms with Crippen molar-refractivity contribution in [2.24, 2.45) is 0 Å². The van der Waals surface area contributed by atoms with Gasteiger partial charge in [0.2, 0.25) is 0 Å². The molecule has 1 saturated heterocycles. The van der Waals surface area contributed by atoms with Crippen LogP contribution in [0.2, 0.25) is 5.02 Å². The normalized spacial score (nSPS) is 18.6. The van der Waals surface area contributed by atoms with Gasteiger partial charge in [-0.15, -0.1) is 0 Å². The van der Waals surface area contributed by atoms with Crippen LogP contribution >= 0.6 is 11.6 Å². The van der Waals surface area contributed by atoms with Crippen LogP contribution in [0.1, 0.15) is 18.3 Å². The summed E-state index contributed by atoms with van der Waals surface area (Å²) in [6.45, 7) is 0.143. The molecular weight excluding hydrogens is 440 g/mol. The minimum atomic E-state index is -3.16. The van der Waals surface area contributed by atoms with Gasteiger partial charge in [0, 0.05) is 18.7 Å². The van der Waals surface area contributed by atoms with E-state index in [1.807, 2.05) is 0 Å². The van der Waals surface area contributed by atoms with Gasteiger partial charge in [0.15, 0.2) is 0 Å². The van der Waals surface area contributed by atoms with E-state index in [0.29, 0.717) is 6.07 Å². The summed E-state index contributed by atoms with van der Waals surface area (Å²) in [5.41, 5.74) is -0.478. The maximum atomic E-state index is 13.9. The molecule has 1 aromatic heterocycles. The molecule has 6 nitrogen and oxygen atoms in total. The summed E-state index contributed by atoms with van der Waals surface area (Å²) < 4.78 is 53.9. The number of aromatic nitrogens is 2. The van der Waals surface area contributed by atoms with Crippen LogP contribution in [0.4, 0.5) is 17.6 Å². The van der Waals surface area contributed by atoms with Crippen molar-refractivity contribution < 1.29 is 22.4 Å². The number of nitrogens with one attached hydrogen (secondary N) is 2. The lowest BCUT2D eigenvalue weighted by Crippen LogP contribution is -2.39. The molecule has 11 heteroatoms. The van der Waals surface area contributed by atoms with E-state index in [4.69, 9.17) is 11.6 Å². The summed E-state index contributed by atoms with van der Waals surface area (Å²) in [4.78, 5) is 29.1. The van der Waals surface area contributed by atoms with Gasteiger partial charge in [-0.1, -0.05) is 17.7 Å². The van der Waals surface area contributed by atoms with Gasteiger partial charge in [0.05, 0.1) is 27.7 Å². The molecule has 0 bridgehead atoms. The number of hydrogen-bond acceptors (Lipinski definition) is 4. The largest absolute Gasteiger partial charge is 0.347 e. The second kappa shape index (κ2) is 8.27.